The molecule has 0 spiro atoms. The smallest absolute Gasteiger partial charge is 0.123 e. The van der Waals surface area contributed by atoms with E-state index in [4.69, 9.17) is 10.5 Å². The molecule has 1 atom stereocenters. The van der Waals surface area contributed by atoms with Crippen molar-refractivity contribution in [2.24, 2.45) is 0 Å². The van der Waals surface area contributed by atoms with Gasteiger partial charge in [-0.05, 0) is 24.5 Å². The second-order valence-electron chi connectivity index (χ2n) is 4.92. The van der Waals surface area contributed by atoms with Crippen molar-refractivity contribution in [1.82, 2.24) is 0 Å². The molecule has 0 aliphatic heterocycles. The Hall–Kier alpha value is -2.16. The molecule has 0 amide bonds. The van der Waals surface area contributed by atoms with Crippen LogP contribution in [0.15, 0.2) is 48.5 Å². The molecule has 0 bridgehead atoms. The van der Waals surface area contributed by atoms with Crippen molar-refractivity contribution < 1.29 is 4.74 Å². The molecule has 3 heteroatoms. The van der Waals surface area contributed by atoms with E-state index in [-0.39, 0.29) is 0 Å². The maximum absolute atomic E-state index is 5.89. The van der Waals surface area contributed by atoms with Crippen LogP contribution < -0.4 is 15.8 Å². The van der Waals surface area contributed by atoms with Crippen LogP contribution in [-0.4, -0.2) is 13.2 Å². The molecule has 3 nitrogen and oxygen atoms in total. The first-order valence-electron chi connectivity index (χ1n) is 7.01. The van der Waals surface area contributed by atoms with Gasteiger partial charge in [-0.2, -0.15) is 0 Å². The standard InChI is InChI=1S/C17H22N2O/c1-3-20-17-10-15(18)9-16(11-17)19-12-13(2)14-7-5-4-6-8-14/h4-11,13,19H,3,12,18H2,1-2H3. The van der Waals surface area contributed by atoms with Gasteiger partial charge in [0.15, 0.2) is 0 Å². The summed E-state index contributed by atoms with van der Waals surface area (Å²) in [5.41, 5.74) is 8.93. The number of anilines is 2. The van der Waals surface area contributed by atoms with Crippen molar-refractivity contribution in [1.29, 1.82) is 0 Å². The first-order chi connectivity index (χ1) is 9.69. The highest BCUT2D eigenvalue weighted by Crippen LogP contribution is 2.23. The minimum Gasteiger partial charge on any atom is -0.494 e. The lowest BCUT2D eigenvalue weighted by Gasteiger charge is -2.15. The number of nitrogen functional groups attached to an aromatic ring is 1. The Morgan fingerprint density at radius 2 is 1.90 bits per heavy atom. The monoisotopic (exact) mass is 270 g/mol. The lowest BCUT2D eigenvalue weighted by molar-refractivity contribution is 0.340. The number of benzene rings is 2. The minimum atomic E-state index is 0.438. The summed E-state index contributed by atoms with van der Waals surface area (Å²) in [6.07, 6.45) is 0. The zero-order chi connectivity index (χ0) is 14.4. The van der Waals surface area contributed by atoms with Crippen LogP contribution in [0.1, 0.15) is 25.3 Å². The molecular formula is C17H22N2O. The first kappa shape index (κ1) is 14.3. The molecule has 1 unspecified atom stereocenters. The summed E-state index contributed by atoms with van der Waals surface area (Å²) >= 11 is 0. The van der Waals surface area contributed by atoms with Gasteiger partial charge in [0.05, 0.1) is 6.61 Å². The third-order valence-electron chi connectivity index (χ3n) is 3.22. The van der Waals surface area contributed by atoms with Crippen molar-refractivity contribution in [3.63, 3.8) is 0 Å². The van der Waals surface area contributed by atoms with E-state index in [2.05, 4.69) is 36.5 Å². The first-order valence-corrected chi connectivity index (χ1v) is 7.01. The summed E-state index contributed by atoms with van der Waals surface area (Å²) < 4.78 is 5.50. The summed E-state index contributed by atoms with van der Waals surface area (Å²) in [7, 11) is 0. The molecule has 2 rings (SSSR count). The second kappa shape index (κ2) is 6.85. The third kappa shape index (κ3) is 3.92. The lowest BCUT2D eigenvalue weighted by atomic mass is 10.0. The average molecular weight is 270 g/mol. The number of nitrogens with two attached hydrogens (primary N) is 1. The number of nitrogens with one attached hydrogen (secondary N) is 1. The van der Waals surface area contributed by atoms with Crippen LogP contribution in [0.25, 0.3) is 0 Å². The fourth-order valence-corrected chi connectivity index (χ4v) is 2.14. The molecule has 2 aromatic carbocycles. The molecule has 3 N–H and O–H groups in total. The molecule has 106 valence electrons. The lowest BCUT2D eigenvalue weighted by Crippen LogP contribution is -2.10. The van der Waals surface area contributed by atoms with E-state index in [1.807, 2.05) is 31.2 Å². The fraction of sp³-hybridized carbons (Fsp3) is 0.294. The molecule has 0 fully saturated rings. The number of hydrogen-bond acceptors (Lipinski definition) is 3. The summed E-state index contributed by atoms with van der Waals surface area (Å²) in [4.78, 5) is 0. The van der Waals surface area contributed by atoms with Crippen LogP contribution in [0.3, 0.4) is 0 Å². The van der Waals surface area contributed by atoms with Crippen molar-refractivity contribution in [2.75, 3.05) is 24.2 Å². The van der Waals surface area contributed by atoms with Gasteiger partial charge in [0.25, 0.3) is 0 Å². The highest BCUT2D eigenvalue weighted by atomic mass is 16.5. The van der Waals surface area contributed by atoms with Crippen LogP contribution >= 0.6 is 0 Å². The Morgan fingerprint density at radius 3 is 2.60 bits per heavy atom. The molecule has 20 heavy (non-hydrogen) atoms. The summed E-state index contributed by atoms with van der Waals surface area (Å²) in [6.45, 7) is 5.67. The van der Waals surface area contributed by atoms with Gasteiger partial charge in [-0.25, -0.2) is 0 Å². The largest absolute Gasteiger partial charge is 0.494 e. The van der Waals surface area contributed by atoms with Crippen molar-refractivity contribution >= 4 is 11.4 Å². The number of rotatable bonds is 6. The Kier molecular flexibility index (Phi) is 4.88. The maximum atomic E-state index is 5.89. The molecule has 0 saturated heterocycles. The quantitative estimate of drug-likeness (QED) is 0.783. The van der Waals surface area contributed by atoms with Gasteiger partial charge in [-0.15, -0.1) is 0 Å². The van der Waals surface area contributed by atoms with Gasteiger partial charge in [-0.1, -0.05) is 37.3 Å². The minimum absolute atomic E-state index is 0.438. The van der Waals surface area contributed by atoms with Gasteiger partial charge in [0, 0.05) is 30.1 Å². The number of hydrogen-bond donors (Lipinski definition) is 2. The van der Waals surface area contributed by atoms with Crippen LogP contribution in [0.2, 0.25) is 0 Å². The zero-order valence-electron chi connectivity index (χ0n) is 12.1. The molecule has 0 saturated carbocycles. The van der Waals surface area contributed by atoms with Gasteiger partial charge >= 0.3 is 0 Å². The predicted molar refractivity (Wildman–Crippen MR) is 85.4 cm³/mol. The average Bonchev–Trinajstić information content (AvgIpc) is 2.45. The van der Waals surface area contributed by atoms with Gasteiger partial charge in [-0.3, -0.25) is 0 Å². The summed E-state index contributed by atoms with van der Waals surface area (Å²) in [6, 6.07) is 16.2. The van der Waals surface area contributed by atoms with Gasteiger partial charge < -0.3 is 15.8 Å². The van der Waals surface area contributed by atoms with E-state index >= 15 is 0 Å². The van der Waals surface area contributed by atoms with E-state index in [0.717, 1.165) is 18.0 Å². The second-order valence-corrected chi connectivity index (χ2v) is 4.92. The molecule has 0 aliphatic carbocycles. The number of ether oxygens (including phenoxy) is 1. The SMILES string of the molecule is CCOc1cc(N)cc(NCC(C)c2ccccc2)c1. The Morgan fingerprint density at radius 1 is 1.15 bits per heavy atom. The van der Waals surface area contributed by atoms with Crippen LogP contribution in [0, 0.1) is 0 Å². The van der Waals surface area contributed by atoms with Crippen LogP contribution in [-0.2, 0) is 0 Å². The highest BCUT2D eigenvalue weighted by molar-refractivity contribution is 5.59. The van der Waals surface area contributed by atoms with Crippen molar-refractivity contribution in [3.05, 3.63) is 54.1 Å². The Bertz CT molecular complexity index is 540. The molecule has 0 aliphatic rings. The van der Waals surface area contributed by atoms with Crippen molar-refractivity contribution in [3.8, 4) is 5.75 Å². The van der Waals surface area contributed by atoms with Crippen LogP contribution in [0.5, 0.6) is 5.75 Å². The summed E-state index contributed by atoms with van der Waals surface area (Å²) in [5, 5.41) is 3.42. The van der Waals surface area contributed by atoms with E-state index in [1.165, 1.54) is 5.56 Å². The topological polar surface area (TPSA) is 47.3 Å². The van der Waals surface area contributed by atoms with Gasteiger partial charge in [0.2, 0.25) is 0 Å². The molecule has 2 aromatic rings. The van der Waals surface area contributed by atoms with Crippen molar-refractivity contribution in [2.45, 2.75) is 19.8 Å². The predicted octanol–water partition coefficient (Wildman–Crippen LogP) is 3.88. The van der Waals surface area contributed by atoms with E-state index in [0.29, 0.717) is 18.2 Å². The molecule has 0 radical (unpaired) electrons. The van der Waals surface area contributed by atoms with Crippen LogP contribution in [0.4, 0.5) is 11.4 Å². The maximum Gasteiger partial charge on any atom is 0.123 e. The fourth-order valence-electron chi connectivity index (χ4n) is 2.14. The Labute approximate surface area is 120 Å². The normalized spacial score (nSPS) is 11.9. The zero-order valence-corrected chi connectivity index (χ0v) is 12.1. The molecular weight excluding hydrogens is 248 g/mol. The van der Waals surface area contributed by atoms with Gasteiger partial charge in [0.1, 0.15) is 5.75 Å². The van der Waals surface area contributed by atoms with E-state index in [9.17, 15) is 0 Å². The molecule has 0 aromatic heterocycles. The summed E-state index contributed by atoms with van der Waals surface area (Å²) in [5.74, 6) is 1.25. The molecule has 0 heterocycles. The van der Waals surface area contributed by atoms with E-state index in [1.54, 1.807) is 0 Å². The third-order valence-corrected chi connectivity index (χ3v) is 3.22. The van der Waals surface area contributed by atoms with E-state index < -0.39 is 0 Å². The highest BCUT2D eigenvalue weighted by Gasteiger charge is 2.05. The Balaban J connectivity index is 2.00.